The number of piperidine rings is 1. The molecule has 0 aromatic carbocycles. The first kappa shape index (κ1) is 15.3. The maximum atomic E-state index is 12.1. The van der Waals surface area contributed by atoms with Gasteiger partial charge in [-0.15, -0.1) is 6.58 Å². The summed E-state index contributed by atoms with van der Waals surface area (Å²) in [5.41, 5.74) is 0. The van der Waals surface area contributed by atoms with E-state index in [0.29, 0.717) is 32.1 Å². The minimum absolute atomic E-state index is 0.123. The van der Waals surface area contributed by atoms with Crippen LogP contribution in [0.25, 0.3) is 0 Å². The largest absolute Gasteiger partial charge is 0.338 e. The molecule has 1 aliphatic carbocycles. The van der Waals surface area contributed by atoms with Gasteiger partial charge in [0.25, 0.3) is 0 Å². The van der Waals surface area contributed by atoms with E-state index in [0.717, 1.165) is 25.7 Å². The zero-order chi connectivity index (χ0) is 14.6. The average molecular weight is 301 g/mol. The van der Waals surface area contributed by atoms with Crippen LogP contribution in [0.4, 0.5) is 4.79 Å². The molecule has 0 bridgehead atoms. The monoisotopic (exact) mass is 301 g/mol. The molecule has 6 nitrogen and oxygen atoms in total. The Morgan fingerprint density at radius 2 is 1.85 bits per heavy atom. The summed E-state index contributed by atoms with van der Waals surface area (Å²) in [6.45, 7) is 5.74. The fraction of sp³-hybridized carbons (Fsp3) is 0.769. The van der Waals surface area contributed by atoms with Gasteiger partial charge in [0.15, 0.2) is 0 Å². The Balaban J connectivity index is 1.69. The molecular formula is C13H23N3O3S. The topological polar surface area (TPSA) is 78.5 Å². The highest BCUT2D eigenvalue weighted by Crippen LogP contribution is 2.32. The van der Waals surface area contributed by atoms with Crippen LogP contribution in [0.2, 0.25) is 0 Å². The molecule has 0 aromatic heterocycles. The second kappa shape index (κ2) is 6.58. The van der Waals surface area contributed by atoms with E-state index in [4.69, 9.17) is 0 Å². The lowest BCUT2D eigenvalue weighted by atomic mass is 9.98. The maximum Gasteiger partial charge on any atom is 0.315 e. The third kappa shape index (κ3) is 3.96. The predicted molar refractivity (Wildman–Crippen MR) is 77.8 cm³/mol. The Morgan fingerprint density at radius 3 is 2.40 bits per heavy atom. The van der Waals surface area contributed by atoms with E-state index in [9.17, 15) is 13.2 Å². The van der Waals surface area contributed by atoms with Crippen molar-refractivity contribution in [1.29, 1.82) is 0 Å². The number of carbonyl (C=O) groups is 1. The molecule has 1 saturated carbocycles. The number of rotatable bonds is 6. The Bertz CT molecular complexity index is 451. The summed E-state index contributed by atoms with van der Waals surface area (Å²) in [6, 6.07) is -0.196. The van der Waals surface area contributed by atoms with Gasteiger partial charge in [-0.25, -0.2) is 17.5 Å². The number of urea groups is 1. The average Bonchev–Trinajstić information content (AvgIpc) is 3.28. The van der Waals surface area contributed by atoms with E-state index in [-0.39, 0.29) is 11.3 Å². The van der Waals surface area contributed by atoms with Crippen LogP contribution in [0.15, 0.2) is 12.7 Å². The first-order valence-corrected chi connectivity index (χ1v) is 8.66. The number of hydrogen-bond donors (Lipinski definition) is 2. The van der Waals surface area contributed by atoms with Crippen molar-refractivity contribution >= 4 is 16.1 Å². The van der Waals surface area contributed by atoms with Crippen LogP contribution in [0.5, 0.6) is 0 Å². The van der Waals surface area contributed by atoms with Gasteiger partial charge < -0.3 is 10.6 Å². The lowest BCUT2D eigenvalue weighted by molar-refractivity contribution is 0.232. The molecule has 114 valence electrons. The van der Waals surface area contributed by atoms with Gasteiger partial charge in [0.2, 0.25) is 10.0 Å². The molecule has 2 fully saturated rings. The van der Waals surface area contributed by atoms with Crippen LogP contribution < -0.4 is 10.6 Å². The first-order valence-electron chi connectivity index (χ1n) is 7.15. The number of nitrogens with zero attached hydrogens (tertiary/aromatic N) is 1. The van der Waals surface area contributed by atoms with Crippen LogP contribution in [-0.4, -0.2) is 50.2 Å². The van der Waals surface area contributed by atoms with Crippen molar-refractivity contribution in [2.24, 2.45) is 5.92 Å². The molecule has 0 aromatic rings. The van der Waals surface area contributed by atoms with E-state index < -0.39 is 10.0 Å². The third-order valence-electron chi connectivity index (χ3n) is 3.84. The van der Waals surface area contributed by atoms with Gasteiger partial charge in [-0.1, -0.05) is 6.08 Å². The Hall–Kier alpha value is -1.08. The van der Waals surface area contributed by atoms with Crippen LogP contribution in [0.1, 0.15) is 25.7 Å². The summed E-state index contributed by atoms with van der Waals surface area (Å²) in [5.74, 6) is 0.357. The van der Waals surface area contributed by atoms with Crippen LogP contribution in [-0.2, 0) is 10.0 Å². The van der Waals surface area contributed by atoms with Gasteiger partial charge in [-0.3, -0.25) is 0 Å². The molecule has 2 aliphatic rings. The summed E-state index contributed by atoms with van der Waals surface area (Å²) in [7, 11) is -3.03. The van der Waals surface area contributed by atoms with Crippen molar-refractivity contribution < 1.29 is 13.2 Å². The lowest BCUT2D eigenvalue weighted by Crippen LogP contribution is -2.44. The van der Waals surface area contributed by atoms with E-state index in [2.05, 4.69) is 17.2 Å². The van der Waals surface area contributed by atoms with Gasteiger partial charge in [-0.2, -0.15) is 0 Å². The molecule has 20 heavy (non-hydrogen) atoms. The van der Waals surface area contributed by atoms with Gasteiger partial charge in [-0.05, 0) is 31.6 Å². The second-order valence-electron chi connectivity index (χ2n) is 5.47. The van der Waals surface area contributed by atoms with Crippen molar-refractivity contribution in [2.45, 2.75) is 30.9 Å². The predicted octanol–water partition coefficient (Wildman–Crippen LogP) is 0.676. The summed E-state index contributed by atoms with van der Waals surface area (Å²) in [6.07, 6.45) is 4.88. The standard InChI is InChI=1S/C13H23N3O3S/c1-2-7-14-13(17)15-10-11-5-8-16(9-6-11)20(18,19)12-3-4-12/h2,11-12H,1,3-10H2,(H2,14,15,17). The fourth-order valence-corrected chi connectivity index (χ4v) is 4.28. The van der Waals surface area contributed by atoms with Crippen LogP contribution >= 0.6 is 0 Å². The highest BCUT2D eigenvalue weighted by molar-refractivity contribution is 7.90. The first-order chi connectivity index (χ1) is 9.54. The number of nitrogens with one attached hydrogen (secondary N) is 2. The third-order valence-corrected chi connectivity index (χ3v) is 6.24. The van der Waals surface area contributed by atoms with Gasteiger partial charge >= 0.3 is 6.03 Å². The number of amides is 2. The maximum absolute atomic E-state index is 12.1. The van der Waals surface area contributed by atoms with E-state index >= 15 is 0 Å². The molecule has 1 aliphatic heterocycles. The highest BCUT2D eigenvalue weighted by atomic mass is 32.2. The molecule has 0 atom stereocenters. The smallest absolute Gasteiger partial charge is 0.315 e. The molecule has 2 amide bonds. The summed E-state index contributed by atoms with van der Waals surface area (Å²) in [5, 5.41) is 5.34. The summed E-state index contributed by atoms with van der Waals surface area (Å²) in [4.78, 5) is 11.4. The van der Waals surface area contributed by atoms with E-state index in [1.807, 2.05) is 0 Å². The van der Waals surface area contributed by atoms with E-state index in [1.165, 1.54) is 0 Å². The molecule has 0 radical (unpaired) electrons. The second-order valence-corrected chi connectivity index (χ2v) is 7.68. The van der Waals surface area contributed by atoms with Gasteiger partial charge in [0.1, 0.15) is 0 Å². The minimum Gasteiger partial charge on any atom is -0.338 e. The Kier molecular flexibility index (Phi) is 5.04. The highest BCUT2D eigenvalue weighted by Gasteiger charge is 2.41. The quantitative estimate of drug-likeness (QED) is 0.708. The number of sulfonamides is 1. The zero-order valence-electron chi connectivity index (χ0n) is 11.7. The molecule has 0 spiro atoms. The summed E-state index contributed by atoms with van der Waals surface area (Å²) >= 11 is 0. The number of carbonyl (C=O) groups excluding carboxylic acids is 1. The normalized spacial score (nSPS) is 21.4. The lowest BCUT2D eigenvalue weighted by Gasteiger charge is -2.31. The molecule has 1 heterocycles. The van der Waals surface area contributed by atoms with Gasteiger partial charge in [0, 0.05) is 26.2 Å². The van der Waals surface area contributed by atoms with Crippen molar-refractivity contribution in [3.8, 4) is 0 Å². The SMILES string of the molecule is C=CCNC(=O)NCC1CCN(S(=O)(=O)C2CC2)CC1. The van der Waals surface area contributed by atoms with Crippen molar-refractivity contribution in [3.63, 3.8) is 0 Å². The van der Waals surface area contributed by atoms with Crippen molar-refractivity contribution in [1.82, 2.24) is 14.9 Å². The molecule has 2 rings (SSSR count). The summed E-state index contributed by atoms with van der Waals surface area (Å²) < 4.78 is 25.8. The van der Waals surface area contributed by atoms with Crippen LogP contribution in [0, 0.1) is 5.92 Å². The Morgan fingerprint density at radius 1 is 1.20 bits per heavy atom. The molecular weight excluding hydrogens is 278 g/mol. The molecule has 2 N–H and O–H groups in total. The minimum atomic E-state index is -3.03. The van der Waals surface area contributed by atoms with E-state index in [1.54, 1.807) is 10.4 Å². The van der Waals surface area contributed by atoms with Gasteiger partial charge in [0.05, 0.1) is 5.25 Å². The van der Waals surface area contributed by atoms with Crippen LogP contribution in [0.3, 0.4) is 0 Å². The molecule has 7 heteroatoms. The van der Waals surface area contributed by atoms with Crippen molar-refractivity contribution in [3.05, 3.63) is 12.7 Å². The van der Waals surface area contributed by atoms with Crippen molar-refractivity contribution in [2.75, 3.05) is 26.2 Å². The fourth-order valence-electron chi connectivity index (χ4n) is 2.41. The number of hydrogen-bond acceptors (Lipinski definition) is 3. The zero-order valence-corrected chi connectivity index (χ0v) is 12.5. The molecule has 0 unspecified atom stereocenters. The molecule has 1 saturated heterocycles. The Labute approximate surface area is 120 Å².